The molecule has 1 aromatic carbocycles. The highest BCUT2D eigenvalue weighted by Crippen LogP contribution is 2.26. The van der Waals surface area contributed by atoms with Gasteiger partial charge < -0.3 is 15.3 Å². The minimum absolute atomic E-state index is 0.0186. The van der Waals surface area contributed by atoms with Crippen molar-refractivity contribution in [2.45, 2.75) is 6.42 Å². The number of nitrogens with zero attached hydrogens (tertiary/aromatic N) is 1. The number of thioether (sulfide) groups is 1. The highest BCUT2D eigenvalue weighted by Gasteiger charge is 2.22. The molecule has 1 fully saturated rings. The molecule has 1 aliphatic heterocycles. The van der Waals surface area contributed by atoms with Crippen molar-refractivity contribution in [3.63, 3.8) is 0 Å². The Morgan fingerprint density at radius 1 is 1.43 bits per heavy atom. The maximum atomic E-state index is 11.9. The number of hydrogen-bond acceptors (Lipinski definition) is 4. The number of anilines is 1. The van der Waals surface area contributed by atoms with Gasteiger partial charge in [0.05, 0.1) is 11.3 Å². The van der Waals surface area contributed by atoms with Crippen LogP contribution in [-0.2, 0) is 4.79 Å². The van der Waals surface area contributed by atoms with Gasteiger partial charge in [0.2, 0.25) is 5.91 Å². The number of amides is 2. The van der Waals surface area contributed by atoms with Gasteiger partial charge in [-0.2, -0.15) is 0 Å². The van der Waals surface area contributed by atoms with Crippen LogP contribution in [0.4, 0.5) is 10.5 Å². The summed E-state index contributed by atoms with van der Waals surface area (Å²) in [5.74, 6) is -0.694. The molecule has 0 spiro atoms. The van der Waals surface area contributed by atoms with Crippen LogP contribution in [0.2, 0.25) is 0 Å². The van der Waals surface area contributed by atoms with Crippen LogP contribution in [0.25, 0.3) is 0 Å². The molecule has 2 rings (SSSR count). The summed E-state index contributed by atoms with van der Waals surface area (Å²) in [5, 5.41) is 11.7. The first-order chi connectivity index (χ1) is 9.99. The smallest absolute Gasteiger partial charge is 0.337 e. The molecule has 1 aliphatic rings. The molecule has 1 heterocycles. The number of benzene rings is 1. The Morgan fingerprint density at radius 2 is 2.19 bits per heavy atom. The van der Waals surface area contributed by atoms with Crippen LogP contribution in [0.1, 0.15) is 16.8 Å². The first-order valence-corrected chi connectivity index (χ1v) is 8.00. The number of carboxylic acid groups (broad SMARTS) is 1. The Labute approximate surface area is 134 Å². The number of para-hydroxylation sites is 1. The highest BCUT2D eigenvalue weighted by molar-refractivity contribution is 9.10. The average Bonchev–Trinajstić information content (AvgIpc) is 2.84. The molecule has 8 heteroatoms. The van der Waals surface area contributed by atoms with Gasteiger partial charge in [0.25, 0.3) is 5.24 Å². The molecule has 2 N–H and O–H groups in total. The average molecular weight is 373 g/mol. The minimum atomic E-state index is -1.11. The van der Waals surface area contributed by atoms with Gasteiger partial charge in [-0.3, -0.25) is 9.59 Å². The van der Waals surface area contributed by atoms with Crippen molar-refractivity contribution in [1.29, 1.82) is 0 Å². The molecule has 0 bridgehead atoms. The van der Waals surface area contributed by atoms with E-state index in [2.05, 4.69) is 21.2 Å². The minimum Gasteiger partial charge on any atom is -0.478 e. The first kappa shape index (κ1) is 15.8. The fraction of sp³-hybridized carbons (Fsp3) is 0.308. The lowest BCUT2D eigenvalue weighted by Crippen LogP contribution is -2.28. The van der Waals surface area contributed by atoms with Gasteiger partial charge in [0.15, 0.2) is 0 Å². The van der Waals surface area contributed by atoms with Crippen molar-refractivity contribution >= 4 is 50.5 Å². The third-order valence-electron chi connectivity index (χ3n) is 2.96. The van der Waals surface area contributed by atoms with Crippen LogP contribution in [0.5, 0.6) is 0 Å². The fourth-order valence-electron chi connectivity index (χ4n) is 1.90. The van der Waals surface area contributed by atoms with E-state index in [1.165, 1.54) is 17.8 Å². The summed E-state index contributed by atoms with van der Waals surface area (Å²) >= 11 is 4.46. The van der Waals surface area contributed by atoms with E-state index in [0.29, 0.717) is 17.6 Å². The second-order valence-electron chi connectivity index (χ2n) is 4.37. The Hall–Kier alpha value is -1.54. The monoisotopic (exact) mass is 372 g/mol. The summed E-state index contributed by atoms with van der Waals surface area (Å²) in [7, 11) is 0. The van der Waals surface area contributed by atoms with E-state index in [-0.39, 0.29) is 28.8 Å². The third kappa shape index (κ3) is 3.98. The van der Waals surface area contributed by atoms with E-state index in [9.17, 15) is 14.4 Å². The summed E-state index contributed by atoms with van der Waals surface area (Å²) < 4.78 is 0.503. The molecule has 0 aliphatic carbocycles. The zero-order valence-corrected chi connectivity index (χ0v) is 13.4. The first-order valence-electron chi connectivity index (χ1n) is 6.22. The van der Waals surface area contributed by atoms with Crippen LogP contribution in [0, 0.1) is 0 Å². The van der Waals surface area contributed by atoms with Crippen molar-refractivity contribution in [3.8, 4) is 0 Å². The molecule has 0 unspecified atom stereocenters. The zero-order chi connectivity index (χ0) is 15.4. The fourth-order valence-corrected chi connectivity index (χ4v) is 3.21. The van der Waals surface area contributed by atoms with Crippen molar-refractivity contribution < 1.29 is 19.5 Å². The number of halogens is 1. The lowest BCUT2D eigenvalue weighted by atomic mass is 10.1. The number of hydrogen-bond donors (Lipinski definition) is 2. The maximum absolute atomic E-state index is 11.9. The van der Waals surface area contributed by atoms with E-state index < -0.39 is 5.97 Å². The molecular weight excluding hydrogens is 360 g/mol. The van der Waals surface area contributed by atoms with E-state index >= 15 is 0 Å². The molecule has 0 radical (unpaired) electrons. The number of nitrogens with one attached hydrogen (secondary N) is 1. The molecular formula is C13H13BrN2O4S. The second kappa shape index (κ2) is 6.95. The van der Waals surface area contributed by atoms with Gasteiger partial charge in [0, 0.05) is 29.7 Å². The van der Waals surface area contributed by atoms with Gasteiger partial charge in [-0.15, -0.1) is 0 Å². The SMILES string of the molecule is O=C(CCN1CCSC1=O)Nc1c(Br)cccc1C(=O)O. The molecule has 0 atom stereocenters. The molecule has 2 amide bonds. The summed E-state index contributed by atoms with van der Waals surface area (Å²) in [5.41, 5.74) is 0.252. The van der Waals surface area contributed by atoms with Crippen LogP contribution >= 0.6 is 27.7 Å². The standard InChI is InChI=1S/C13H13BrN2O4S/c14-9-3-1-2-8(12(18)19)11(9)15-10(17)4-5-16-6-7-21-13(16)20/h1-3H,4-7H2,(H,15,17)(H,18,19). The largest absolute Gasteiger partial charge is 0.478 e. The van der Waals surface area contributed by atoms with Crippen LogP contribution in [0.15, 0.2) is 22.7 Å². The molecule has 1 aromatic rings. The molecule has 112 valence electrons. The summed E-state index contributed by atoms with van der Waals surface area (Å²) in [6.45, 7) is 0.983. The van der Waals surface area contributed by atoms with E-state index in [1.807, 2.05) is 0 Å². The molecule has 6 nitrogen and oxygen atoms in total. The Bertz CT molecular complexity index is 594. The highest BCUT2D eigenvalue weighted by atomic mass is 79.9. The van der Waals surface area contributed by atoms with E-state index in [1.54, 1.807) is 17.0 Å². The molecule has 21 heavy (non-hydrogen) atoms. The predicted molar refractivity (Wildman–Crippen MR) is 83.8 cm³/mol. The molecule has 1 saturated heterocycles. The van der Waals surface area contributed by atoms with Crippen LogP contribution in [0.3, 0.4) is 0 Å². The van der Waals surface area contributed by atoms with Crippen molar-refractivity contribution in [2.24, 2.45) is 0 Å². The lowest BCUT2D eigenvalue weighted by molar-refractivity contribution is -0.116. The predicted octanol–water partition coefficient (Wildman–Crippen LogP) is 2.64. The maximum Gasteiger partial charge on any atom is 0.337 e. The van der Waals surface area contributed by atoms with Crippen LogP contribution in [-0.4, -0.2) is 46.0 Å². The number of carboxylic acids is 1. The van der Waals surface area contributed by atoms with Crippen molar-refractivity contribution in [2.75, 3.05) is 24.2 Å². The Morgan fingerprint density at radius 3 is 2.81 bits per heavy atom. The van der Waals surface area contributed by atoms with Gasteiger partial charge in [0.1, 0.15) is 0 Å². The van der Waals surface area contributed by atoms with Crippen molar-refractivity contribution in [1.82, 2.24) is 4.90 Å². The number of rotatable bonds is 5. The van der Waals surface area contributed by atoms with Gasteiger partial charge in [-0.05, 0) is 28.1 Å². The quantitative estimate of drug-likeness (QED) is 0.829. The number of carbonyl (C=O) groups excluding carboxylic acids is 2. The number of aromatic carboxylic acids is 1. The topological polar surface area (TPSA) is 86.7 Å². The Balaban J connectivity index is 1.99. The van der Waals surface area contributed by atoms with Gasteiger partial charge >= 0.3 is 5.97 Å². The van der Waals surface area contributed by atoms with Gasteiger partial charge in [-0.25, -0.2) is 4.79 Å². The summed E-state index contributed by atoms with van der Waals surface area (Å²) in [4.78, 5) is 36.1. The lowest BCUT2D eigenvalue weighted by Gasteiger charge is -2.15. The zero-order valence-electron chi connectivity index (χ0n) is 11.0. The summed E-state index contributed by atoms with van der Waals surface area (Å²) in [6.07, 6.45) is 0.132. The Kier molecular flexibility index (Phi) is 5.24. The normalized spacial score (nSPS) is 14.3. The summed E-state index contributed by atoms with van der Waals surface area (Å²) in [6, 6.07) is 4.66. The van der Waals surface area contributed by atoms with Gasteiger partial charge in [-0.1, -0.05) is 17.8 Å². The molecule has 0 saturated carbocycles. The van der Waals surface area contributed by atoms with Crippen LogP contribution < -0.4 is 5.32 Å². The van der Waals surface area contributed by atoms with E-state index in [0.717, 1.165) is 5.75 Å². The second-order valence-corrected chi connectivity index (χ2v) is 6.27. The van der Waals surface area contributed by atoms with Crippen molar-refractivity contribution in [3.05, 3.63) is 28.2 Å². The molecule has 0 aromatic heterocycles. The van der Waals surface area contributed by atoms with E-state index in [4.69, 9.17) is 5.11 Å². The number of carbonyl (C=O) groups is 3. The third-order valence-corrected chi connectivity index (χ3v) is 4.51.